The first-order valence-electron chi connectivity index (χ1n) is 3.14. The van der Waals surface area contributed by atoms with Crippen molar-refractivity contribution in [2.24, 2.45) is 0 Å². The van der Waals surface area contributed by atoms with Crippen molar-refractivity contribution in [2.75, 3.05) is 7.05 Å². The van der Waals surface area contributed by atoms with Gasteiger partial charge in [-0.15, -0.1) is 6.58 Å². The van der Waals surface area contributed by atoms with E-state index in [0.717, 1.165) is 6.42 Å². The predicted molar refractivity (Wildman–Crippen MR) is 36.0 cm³/mol. The molecule has 0 N–H and O–H groups in total. The van der Waals surface area contributed by atoms with Gasteiger partial charge in [0.05, 0.1) is 0 Å². The van der Waals surface area contributed by atoms with Gasteiger partial charge in [0.1, 0.15) is 0 Å². The molecule has 9 heavy (non-hydrogen) atoms. The Bertz CT molecular complexity index is 142. The lowest BCUT2D eigenvalue weighted by Crippen LogP contribution is -2.26. The third kappa shape index (κ3) is 0.969. The van der Waals surface area contributed by atoms with Crippen LogP contribution in [0.5, 0.6) is 0 Å². The number of amides is 1. The van der Waals surface area contributed by atoms with E-state index in [4.69, 9.17) is 0 Å². The van der Waals surface area contributed by atoms with E-state index in [0.29, 0.717) is 6.42 Å². The maximum Gasteiger partial charge on any atom is 0.222 e. The highest BCUT2D eigenvalue weighted by atomic mass is 16.2. The van der Waals surface area contributed by atoms with Crippen LogP contribution in [0.15, 0.2) is 12.7 Å². The molecular formula is C7H11NO. The summed E-state index contributed by atoms with van der Waals surface area (Å²) in [6.45, 7) is 3.63. The normalized spacial score (nSPS) is 27.0. The van der Waals surface area contributed by atoms with Crippen molar-refractivity contribution < 1.29 is 4.79 Å². The zero-order valence-corrected chi connectivity index (χ0v) is 5.63. The first-order valence-corrected chi connectivity index (χ1v) is 3.14. The highest BCUT2D eigenvalue weighted by Gasteiger charge is 2.24. The molecule has 50 valence electrons. The smallest absolute Gasteiger partial charge is 0.222 e. The van der Waals surface area contributed by atoms with Crippen LogP contribution in [-0.4, -0.2) is 23.9 Å². The van der Waals surface area contributed by atoms with Crippen molar-refractivity contribution in [3.63, 3.8) is 0 Å². The summed E-state index contributed by atoms with van der Waals surface area (Å²) in [6.07, 6.45) is 3.46. The maximum atomic E-state index is 10.8. The molecule has 1 aliphatic heterocycles. The highest BCUT2D eigenvalue weighted by molar-refractivity contribution is 5.78. The van der Waals surface area contributed by atoms with Gasteiger partial charge in [0, 0.05) is 19.5 Å². The Morgan fingerprint density at radius 2 is 2.56 bits per heavy atom. The highest BCUT2D eigenvalue weighted by Crippen LogP contribution is 2.16. The standard InChI is InChI=1S/C7H11NO/c1-3-6-4-5-7(9)8(6)2/h3,6H,1,4-5H2,2H3/t6-/m0/s1. The summed E-state index contributed by atoms with van der Waals surface area (Å²) < 4.78 is 0. The number of rotatable bonds is 1. The van der Waals surface area contributed by atoms with Gasteiger partial charge in [0.2, 0.25) is 5.91 Å². The molecule has 0 aromatic heterocycles. The van der Waals surface area contributed by atoms with Crippen LogP contribution in [-0.2, 0) is 4.79 Å². The molecule has 1 heterocycles. The van der Waals surface area contributed by atoms with E-state index in [-0.39, 0.29) is 11.9 Å². The van der Waals surface area contributed by atoms with Gasteiger partial charge in [0.15, 0.2) is 0 Å². The molecule has 0 radical (unpaired) electrons. The molecule has 0 unspecified atom stereocenters. The molecule has 0 aromatic carbocycles. The molecule has 0 saturated carbocycles. The average molecular weight is 125 g/mol. The third-order valence-electron chi connectivity index (χ3n) is 1.82. The van der Waals surface area contributed by atoms with E-state index in [1.165, 1.54) is 0 Å². The Morgan fingerprint density at radius 3 is 2.78 bits per heavy atom. The molecule has 1 atom stereocenters. The SMILES string of the molecule is C=C[C@H]1CCC(=O)N1C. The number of hydrogen-bond donors (Lipinski definition) is 0. The molecule has 1 rings (SSSR count). The van der Waals surface area contributed by atoms with Gasteiger partial charge >= 0.3 is 0 Å². The number of nitrogens with zero attached hydrogens (tertiary/aromatic N) is 1. The molecule has 2 heteroatoms. The minimum absolute atomic E-state index is 0.236. The molecule has 1 saturated heterocycles. The van der Waals surface area contributed by atoms with E-state index in [9.17, 15) is 4.79 Å². The van der Waals surface area contributed by atoms with Crippen LogP contribution in [0, 0.1) is 0 Å². The van der Waals surface area contributed by atoms with Crippen molar-refractivity contribution in [1.29, 1.82) is 0 Å². The molecular weight excluding hydrogens is 114 g/mol. The summed E-state index contributed by atoms with van der Waals surface area (Å²) in [5.41, 5.74) is 0. The molecule has 1 amide bonds. The van der Waals surface area contributed by atoms with Gasteiger partial charge in [-0.05, 0) is 6.42 Å². The molecule has 1 aliphatic rings. The summed E-state index contributed by atoms with van der Waals surface area (Å²) in [5, 5.41) is 0. The van der Waals surface area contributed by atoms with Crippen LogP contribution >= 0.6 is 0 Å². The molecule has 0 aliphatic carbocycles. The number of likely N-dealkylation sites (tertiary alicyclic amines) is 1. The lowest BCUT2D eigenvalue weighted by Gasteiger charge is -2.14. The Labute approximate surface area is 55.2 Å². The van der Waals surface area contributed by atoms with E-state index < -0.39 is 0 Å². The summed E-state index contributed by atoms with van der Waals surface area (Å²) >= 11 is 0. The molecule has 1 fully saturated rings. The summed E-state index contributed by atoms with van der Waals surface area (Å²) in [4.78, 5) is 12.6. The summed E-state index contributed by atoms with van der Waals surface area (Å²) in [7, 11) is 1.82. The largest absolute Gasteiger partial charge is 0.339 e. The molecule has 0 aromatic rings. The minimum Gasteiger partial charge on any atom is -0.339 e. The lowest BCUT2D eigenvalue weighted by molar-refractivity contribution is -0.127. The van der Waals surface area contributed by atoms with E-state index in [1.807, 2.05) is 13.1 Å². The second-order valence-corrected chi connectivity index (χ2v) is 2.35. The van der Waals surface area contributed by atoms with Crippen molar-refractivity contribution in [1.82, 2.24) is 4.90 Å². The average Bonchev–Trinajstić information content (AvgIpc) is 2.15. The van der Waals surface area contributed by atoms with Crippen molar-refractivity contribution in [3.05, 3.63) is 12.7 Å². The lowest BCUT2D eigenvalue weighted by atomic mass is 10.2. The predicted octanol–water partition coefficient (Wildman–Crippen LogP) is 0.793. The molecule has 0 bridgehead atoms. The van der Waals surface area contributed by atoms with Gasteiger partial charge in [-0.3, -0.25) is 4.79 Å². The molecule has 0 spiro atoms. The Morgan fingerprint density at radius 1 is 1.89 bits per heavy atom. The molecule has 2 nitrogen and oxygen atoms in total. The minimum atomic E-state index is 0.236. The second kappa shape index (κ2) is 2.21. The van der Waals surface area contributed by atoms with Crippen LogP contribution in [0.2, 0.25) is 0 Å². The van der Waals surface area contributed by atoms with Crippen molar-refractivity contribution >= 4 is 5.91 Å². The van der Waals surface area contributed by atoms with Gasteiger partial charge in [-0.25, -0.2) is 0 Å². The van der Waals surface area contributed by atoms with E-state index in [2.05, 4.69) is 6.58 Å². The van der Waals surface area contributed by atoms with Crippen molar-refractivity contribution in [2.45, 2.75) is 18.9 Å². The van der Waals surface area contributed by atoms with Gasteiger partial charge in [-0.1, -0.05) is 6.08 Å². The zero-order valence-electron chi connectivity index (χ0n) is 5.63. The van der Waals surface area contributed by atoms with E-state index >= 15 is 0 Å². The van der Waals surface area contributed by atoms with Crippen LogP contribution in [0.3, 0.4) is 0 Å². The Hall–Kier alpha value is -0.790. The summed E-state index contributed by atoms with van der Waals surface area (Å²) in [5.74, 6) is 0.236. The van der Waals surface area contributed by atoms with Crippen LogP contribution in [0.25, 0.3) is 0 Å². The Balaban J connectivity index is 2.61. The fourth-order valence-corrected chi connectivity index (χ4v) is 1.10. The monoisotopic (exact) mass is 125 g/mol. The first kappa shape index (κ1) is 6.33. The number of hydrogen-bond acceptors (Lipinski definition) is 1. The first-order chi connectivity index (χ1) is 4.25. The van der Waals surface area contributed by atoms with Gasteiger partial charge in [-0.2, -0.15) is 0 Å². The fourth-order valence-electron chi connectivity index (χ4n) is 1.10. The maximum absolute atomic E-state index is 10.8. The number of carbonyl (C=O) groups excluding carboxylic acids is 1. The van der Waals surface area contributed by atoms with Crippen LogP contribution in [0.1, 0.15) is 12.8 Å². The zero-order chi connectivity index (χ0) is 6.85. The van der Waals surface area contributed by atoms with Gasteiger partial charge in [0.25, 0.3) is 0 Å². The third-order valence-corrected chi connectivity index (χ3v) is 1.82. The van der Waals surface area contributed by atoms with Crippen LogP contribution < -0.4 is 0 Å². The number of carbonyl (C=O) groups is 1. The quantitative estimate of drug-likeness (QED) is 0.474. The van der Waals surface area contributed by atoms with E-state index in [1.54, 1.807) is 4.90 Å². The van der Waals surface area contributed by atoms with Gasteiger partial charge < -0.3 is 4.90 Å². The second-order valence-electron chi connectivity index (χ2n) is 2.35. The van der Waals surface area contributed by atoms with Crippen molar-refractivity contribution in [3.8, 4) is 0 Å². The topological polar surface area (TPSA) is 20.3 Å². The van der Waals surface area contributed by atoms with Crippen LogP contribution in [0.4, 0.5) is 0 Å². The fraction of sp³-hybridized carbons (Fsp3) is 0.571. The Kier molecular flexibility index (Phi) is 1.56. The summed E-state index contributed by atoms with van der Waals surface area (Å²) in [6, 6.07) is 0.289. The number of likely N-dealkylation sites (N-methyl/N-ethyl adjacent to an activating group) is 1.